The van der Waals surface area contributed by atoms with Crippen molar-refractivity contribution >= 4 is 27.0 Å². The fraction of sp³-hybridized carbons (Fsp3) is 0.917. The third kappa shape index (κ3) is 5.33. The minimum atomic E-state index is -3.03. The molecule has 2 N–H and O–H groups in total. The Hall–Kier alpha value is -0.240. The van der Waals surface area contributed by atoms with Crippen LogP contribution in [0.2, 0.25) is 0 Å². The van der Waals surface area contributed by atoms with Crippen LogP contribution in [0.3, 0.4) is 0 Å². The summed E-state index contributed by atoms with van der Waals surface area (Å²) in [4.78, 5) is 4.92. The van der Waals surface area contributed by atoms with Gasteiger partial charge >= 0.3 is 0 Å². The van der Waals surface area contributed by atoms with E-state index in [4.69, 9.17) is 18.0 Å². The molecule has 0 saturated carbocycles. The zero-order valence-corrected chi connectivity index (χ0v) is 13.7. The van der Waals surface area contributed by atoms with Gasteiger partial charge < -0.3 is 5.73 Å². The predicted octanol–water partition coefficient (Wildman–Crippen LogP) is 0.103. The summed E-state index contributed by atoms with van der Waals surface area (Å²) < 4.78 is 23.4. The molecule has 0 aromatic carbocycles. The van der Waals surface area contributed by atoms with Gasteiger partial charge in [-0.25, -0.2) is 8.42 Å². The highest BCUT2D eigenvalue weighted by atomic mass is 32.2. The lowest BCUT2D eigenvalue weighted by Gasteiger charge is -2.34. The Kier molecular flexibility index (Phi) is 5.73. The summed E-state index contributed by atoms with van der Waals surface area (Å²) in [6, 6.07) is 0. The highest BCUT2D eigenvalue weighted by Crippen LogP contribution is 2.16. The summed E-state index contributed by atoms with van der Waals surface area (Å²) in [5.41, 5.74) is 5.52. The molecule has 7 heteroatoms. The van der Waals surface area contributed by atoms with E-state index >= 15 is 0 Å². The van der Waals surface area contributed by atoms with Gasteiger partial charge in [0.15, 0.2) is 9.84 Å². The van der Waals surface area contributed by atoms with Gasteiger partial charge in [-0.1, -0.05) is 12.2 Å². The SMILES string of the molecule is CC(C)(C)S(=O)(=O)CCN1CCN(CC(N)=S)CC1. The van der Waals surface area contributed by atoms with E-state index in [1.54, 1.807) is 20.8 Å². The number of sulfone groups is 1. The van der Waals surface area contributed by atoms with Crippen molar-refractivity contribution < 1.29 is 8.42 Å². The van der Waals surface area contributed by atoms with E-state index in [2.05, 4.69) is 9.80 Å². The Morgan fingerprint density at radius 3 is 2.05 bits per heavy atom. The van der Waals surface area contributed by atoms with Gasteiger partial charge in [0, 0.05) is 39.3 Å². The second kappa shape index (κ2) is 6.47. The molecule has 1 aliphatic heterocycles. The average molecular weight is 307 g/mol. The maximum absolute atomic E-state index is 12.0. The zero-order valence-electron chi connectivity index (χ0n) is 12.1. The number of nitrogens with zero attached hydrogens (tertiary/aromatic N) is 2. The number of thiocarbonyl (C=S) groups is 1. The molecule has 1 aliphatic rings. The molecule has 0 amide bonds. The minimum absolute atomic E-state index is 0.228. The van der Waals surface area contributed by atoms with Crippen LogP contribution in [-0.4, -0.2) is 73.0 Å². The Bertz CT molecular complexity index is 407. The number of piperazine rings is 1. The standard InChI is InChI=1S/C12H25N3O2S2/c1-12(2,3)19(16,17)9-8-14-4-6-15(7-5-14)10-11(13)18/h4-10H2,1-3H3,(H2,13,18). The second-order valence-electron chi connectivity index (χ2n) is 6.02. The molecule has 0 unspecified atom stereocenters. The molecule has 1 rings (SSSR count). The van der Waals surface area contributed by atoms with Crippen LogP contribution in [0.25, 0.3) is 0 Å². The van der Waals surface area contributed by atoms with Crippen molar-refractivity contribution in [1.29, 1.82) is 0 Å². The van der Waals surface area contributed by atoms with Crippen LogP contribution in [-0.2, 0) is 9.84 Å². The van der Waals surface area contributed by atoms with Crippen LogP contribution < -0.4 is 5.73 Å². The van der Waals surface area contributed by atoms with Gasteiger partial charge in [0.2, 0.25) is 0 Å². The molecular formula is C12H25N3O2S2. The van der Waals surface area contributed by atoms with Crippen molar-refractivity contribution in [3.8, 4) is 0 Å². The first-order valence-electron chi connectivity index (χ1n) is 6.57. The molecule has 0 spiro atoms. The summed E-state index contributed by atoms with van der Waals surface area (Å²) in [6.07, 6.45) is 0. The van der Waals surface area contributed by atoms with Crippen LogP contribution in [0.4, 0.5) is 0 Å². The van der Waals surface area contributed by atoms with Gasteiger partial charge in [0.05, 0.1) is 15.5 Å². The van der Waals surface area contributed by atoms with E-state index in [-0.39, 0.29) is 5.75 Å². The van der Waals surface area contributed by atoms with Gasteiger partial charge in [-0.15, -0.1) is 0 Å². The van der Waals surface area contributed by atoms with Gasteiger partial charge in [0.1, 0.15) is 0 Å². The lowest BCUT2D eigenvalue weighted by Crippen LogP contribution is -2.50. The molecule has 0 aromatic heterocycles. The first-order chi connectivity index (χ1) is 8.62. The highest BCUT2D eigenvalue weighted by Gasteiger charge is 2.29. The van der Waals surface area contributed by atoms with Crippen molar-refractivity contribution in [3.63, 3.8) is 0 Å². The van der Waals surface area contributed by atoms with Crippen LogP contribution in [0, 0.1) is 0 Å². The van der Waals surface area contributed by atoms with Gasteiger partial charge in [0.25, 0.3) is 0 Å². The molecule has 0 bridgehead atoms. The Morgan fingerprint density at radius 2 is 1.63 bits per heavy atom. The van der Waals surface area contributed by atoms with Crippen molar-refractivity contribution in [2.24, 2.45) is 5.73 Å². The van der Waals surface area contributed by atoms with E-state index in [0.29, 0.717) is 18.1 Å². The molecule has 19 heavy (non-hydrogen) atoms. The monoisotopic (exact) mass is 307 g/mol. The third-order valence-electron chi connectivity index (χ3n) is 3.45. The Labute approximate surface area is 122 Å². The molecule has 112 valence electrons. The summed E-state index contributed by atoms with van der Waals surface area (Å²) >= 11 is 4.89. The molecule has 5 nitrogen and oxygen atoms in total. The van der Waals surface area contributed by atoms with E-state index in [9.17, 15) is 8.42 Å². The summed E-state index contributed by atoms with van der Waals surface area (Å²) in [7, 11) is -3.03. The largest absolute Gasteiger partial charge is 0.392 e. The number of hydrogen-bond acceptors (Lipinski definition) is 5. The van der Waals surface area contributed by atoms with Crippen molar-refractivity contribution in [3.05, 3.63) is 0 Å². The lowest BCUT2D eigenvalue weighted by molar-refractivity contribution is 0.152. The molecule has 0 radical (unpaired) electrons. The van der Waals surface area contributed by atoms with Crippen LogP contribution >= 0.6 is 12.2 Å². The molecule has 1 saturated heterocycles. The van der Waals surface area contributed by atoms with E-state index in [0.717, 1.165) is 26.2 Å². The van der Waals surface area contributed by atoms with Crippen LogP contribution in [0.5, 0.6) is 0 Å². The zero-order chi connectivity index (χ0) is 14.7. The summed E-state index contributed by atoms with van der Waals surface area (Å²) in [6.45, 7) is 10.1. The fourth-order valence-electron chi connectivity index (χ4n) is 1.95. The first kappa shape index (κ1) is 16.8. The van der Waals surface area contributed by atoms with Crippen molar-refractivity contribution in [1.82, 2.24) is 9.80 Å². The van der Waals surface area contributed by atoms with Crippen molar-refractivity contribution in [2.75, 3.05) is 45.0 Å². The lowest BCUT2D eigenvalue weighted by atomic mass is 10.3. The number of nitrogens with two attached hydrogens (primary N) is 1. The molecule has 0 atom stereocenters. The van der Waals surface area contributed by atoms with Gasteiger partial charge in [-0.05, 0) is 20.8 Å². The highest BCUT2D eigenvalue weighted by molar-refractivity contribution is 7.92. The molecule has 0 aromatic rings. The third-order valence-corrected chi connectivity index (χ3v) is 6.17. The maximum Gasteiger partial charge on any atom is 0.156 e. The van der Waals surface area contributed by atoms with Crippen LogP contribution in [0.15, 0.2) is 0 Å². The second-order valence-corrected chi connectivity index (χ2v) is 9.40. The van der Waals surface area contributed by atoms with E-state index < -0.39 is 14.6 Å². The van der Waals surface area contributed by atoms with Gasteiger partial charge in [-0.2, -0.15) is 0 Å². The van der Waals surface area contributed by atoms with E-state index in [1.807, 2.05) is 0 Å². The number of hydrogen-bond donors (Lipinski definition) is 1. The topological polar surface area (TPSA) is 66.6 Å². The predicted molar refractivity (Wildman–Crippen MR) is 83.2 cm³/mol. The first-order valence-corrected chi connectivity index (χ1v) is 8.63. The average Bonchev–Trinajstić information content (AvgIpc) is 2.26. The molecule has 1 heterocycles. The molecule has 0 aliphatic carbocycles. The smallest absolute Gasteiger partial charge is 0.156 e. The summed E-state index contributed by atoms with van der Waals surface area (Å²) in [5, 5.41) is 0. The minimum Gasteiger partial charge on any atom is -0.392 e. The molecule has 1 fully saturated rings. The molecular weight excluding hydrogens is 282 g/mol. The number of rotatable bonds is 5. The quantitative estimate of drug-likeness (QED) is 0.727. The Balaban J connectivity index is 2.36. The van der Waals surface area contributed by atoms with Crippen LogP contribution in [0.1, 0.15) is 20.8 Å². The van der Waals surface area contributed by atoms with Gasteiger partial charge in [-0.3, -0.25) is 9.80 Å². The normalized spacial score (nSPS) is 19.5. The summed E-state index contributed by atoms with van der Waals surface area (Å²) in [5.74, 6) is 0.228. The Morgan fingerprint density at radius 1 is 1.16 bits per heavy atom. The van der Waals surface area contributed by atoms with E-state index in [1.165, 1.54) is 0 Å². The van der Waals surface area contributed by atoms with Crippen molar-refractivity contribution in [2.45, 2.75) is 25.5 Å². The maximum atomic E-state index is 12.0. The fourth-order valence-corrected chi connectivity index (χ4v) is 3.24.